The normalized spacial score (nSPS) is 21.7. The fraction of sp³-hybridized carbons (Fsp3) is 0.458. The molecule has 0 spiro atoms. The first kappa shape index (κ1) is 21.5. The lowest BCUT2D eigenvalue weighted by molar-refractivity contribution is 0.169. The van der Waals surface area contributed by atoms with E-state index in [-0.39, 0.29) is 12.1 Å². The molecular weight excluding hydrogens is 392 g/mol. The van der Waals surface area contributed by atoms with Gasteiger partial charge >= 0.3 is 6.03 Å². The molecule has 2 heterocycles. The summed E-state index contributed by atoms with van der Waals surface area (Å²) in [6, 6.07) is 14.6. The average Bonchev–Trinajstić information content (AvgIpc) is 3.30. The molecule has 2 aliphatic heterocycles. The van der Waals surface area contributed by atoms with Gasteiger partial charge in [-0.2, -0.15) is 0 Å². The van der Waals surface area contributed by atoms with Crippen LogP contribution in [0.5, 0.6) is 11.5 Å². The quantitative estimate of drug-likeness (QED) is 0.680. The standard InChI is InChI=1S/C24H32N4O3/c1-16-7-8-23(31-3)22(13-16)25-24(29)28-11-9-17(10-12-28)20-15-21(27-26-20)18-5-4-6-19(14-18)30-2/h4-8,13-14,17,20-21,26-27H,9-12,15H2,1-3H3,(H,25,29). The highest BCUT2D eigenvalue weighted by molar-refractivity contribution is 5.91. The van der Waals surface area contributed by atoms with Gasteiger partial charge in [-0.15, -0.1) is 0 Å². The van der Waals surface area contributed by atoms with Gasteiger partial charge in [0.25, 0.3) is 0 Å². The first-order chi connectivity index (χ1) is 15.1. The maximum atomic E-state index is 12.8. The van der Waals surface area contributed by atoms with Crippen molar-refractivity contribution in [3.8, 4) is 11.5 Å². The smallest absolute Gasteiger partial charge is 0.321 e. The van der Waals surface area contributed by atoms with E-state index in [1.54, 1.807) is 14.2 Å². The van der Waals surface area contributed by atoms with Crippen molar-refractivity contribution in [3.63, 3.8) is 0 Å². The second-order valence-electron chi connectivity index (χ2n) is 8.42. The van der Waals surface area contributed by atoms with Crippen molar-refractivity contribution < 1.29 is 14.3 Å². The molecule has 166 valence electrons. The first-order valence-electron chi connectivity index (χ1n) is 10.9. The Kier molecular flexibility index (Phi) is 6.63. The van der Waals surface area contributed by atoms with Gasteiger partial charge in [-0.3, -0.25) is 10.9 Å². The summed E-state index contributed by atoms with van der Waals surface area (Å²) in [4.78, 5) is 14.7. The van der Waals surface area contributed by atoms with Crippen LogP contribution < -0.4 is 25.6 Å². The molecule has 2 aliphatic rings. The molecule has 7 nitrogen and oxygen atoms in total. The number of piperidine rings is 1. The number of aryl methyl sites for hydroxylation is 1. The van der Waals surface area contributed by atoms with Crippen LogP contribution >= 0.6 is 0 Å². The number of nitrogens with zero attached hydrogens (tertiary/aromatic N) is 1. The lowest BCUT2D eigenvalue weighted by Gasteiger charge is -2.34. The van der Waals surface area contributed by atoms with Crippen LogP contribution in [0.15, 0.2) is 42.5 Å². The van der Waals surface area contributed by atoms with Crippen molar-refractivity contribution in [2.24, 2.45) is 5.92 Å². The highest BCUT2D eigenvalue weighted by atomic mass is 16.5. The molecule has 2 amide bonds. The van der Waals surface area contributed by atoms with E-state index in [1.807, 2.05) is 42.2 Å². The number of hydrogen-bond acceptors (Lipinski definition) is 5. The molecule has 2 saturated heterocycles. The number of hydrogen-bond donors (Lipinski definition) is 3. The first-order valence-corrected chi connectivity index (χ1v) is 10.9. The van der Waals surface area contributed by atoms with Gasteiger partial charge in [-0.05, 0) is 67.5 Å². The molecule has 2 fully saturated rings. The van der Waals surface area contributed by atoms with Crippen molar-refractivity contribution in [2.75, 3.05) is 32.6 Å². The second-order valence-corrected chi connectivity index (χ2v) is 8.42. The van der Waals surface area contributed by atoms with Crippen molar-refractivity contribution in [1.82, 2.24) is 15.8 Å². The number of carbonyl (C=O) groups is 1. The molecule has 2 unspecified atom stereocenters. The molecule has 0 radical (unpaired) electrons. The van der Waals surface area contributed by atoms with Gasteiger partial charge < -0.3 is 19.7 Å². The molecule has 2 aromatic rings. The monoisotopic (exact) mass is 424 g/mol. The van der Waals surface area contributed by atoms with Crippen LogP contribution in [0.25, 0.3) is 0 Å². The molecule has 0 bridgehead atoms. The second kappa shape index (κ2) is 9.58. The van der Waals surface area contributed by atoms with Gasteiger partial charge in [-0.25, -0.2) is 4.79 Å². The molecule has 31 heavy (non-hydrogen) atoms. The number of anilines is 1. The van der Waals surface area contributed by atoms with E-state index in [9.17, 15) is 4.79 Å². The highest BCUT2D eigenvalue weighted by Gasteiger charge is 2.34. The van der Waals surface area contributed by atoms with E-state index in [1.165, 1.54) is 5.56 Å². The van der Waals surface area contributed by atoms with E-state index in [0.717, 1.165) is 49.4 Å². The number of nitrogens with one attached hydrogen (secondary N) is 3. The highest BCUT2D eigenvalue weighted by Crippen LogP contribution is 2.32. The number of methoxy groups -OCH3 is 2. The molecule has 3 N–H and O–H groups in total. The molecule has 4 rings (SSSR count). The fourth-order valence-corrected chi connectivity index (χ4v) is 4.59. The summed E-state index contributed by atoms with van der Waals surface area (Å²) in [6.45, 7) is 3.52. The van der Waals surface area contributed by atoms with Crippen molar-refractivity contribution >= 4 is 11.7 Å². The SMILES string of the molecule is COc1cccc(C2CC(C3CCN(C(=O)Nc4cc(C)ccc4OC)CC3)NN2)c1. The zero-order valence-electron chi connectivity index (χ0n) is 18.5. The molecular formula is C24H32N4O3. The summed E-state index contributed by atoms with van der Waals surface area (Å²) in [7, 11) is 3.31. The predicted molar refractivity (Wildman–Crippen MR) is 121 cm³/mol. The number of benzene rings is 2. The molecule has 0 aliphatic carbocycles. The molecule has 2 aromatic carbocycles. The number of hydrazine groups is 1. The van der Waals surface area contributed by atoms with Gasteiger partial charge in [0.2, 0.25) is 0 Å². The topological polar surface area (TPSA) is 74.9 Å². The van der Waals surface area contributed by atoms with E-state index >= 15 is 0 Å². The van der Waals surface area contributed by atoms with E-state index in [4.69, 9.17) is 9.47 Å². The predicted octanol–water partition coefficient (Wildman–Crippen LogP) is 3.86. The Balaban J connectivity index is 1.30. The number of carbonyl (C=O) groups excluding carboxylic acids is 1. The minimum atomic E-state index is -0.0610. The van der Waals surface area contributed by atoms with Crippen LogP contribution in [0.3, 0.4) is 0 Å². The number of urea groups is 1. The summed E-state index contributed by atoms with van der Waals surface area (Å²) >= 11 is 0. The van der Waals surface area contributed by atoms with Crippen molar-refractivity contribution in [2.45, 2.75) is 38.3 Å². The third kappa shape index (κ3) is 4.94. The average molecular weight is 425 g/mol. The minimum Gasteiger partial charge on any atom is -0.497 e. The number of rotatable bonds is 5. The van der Waals surface area contributed by atoms with E-state index < -0.39 is 0 Å². The maximum Gasteiger partial charge on any atom is 0.321 e. The van der Waals surface area contributed by atoms with Crippen LogP contribution in [-0.4, -0.2) is 44.3 Å². The summed E-state index contributed by atoms with van der Waals surface area (Å²) < 4.78 is 10.7. The van der Waals surface area contributed by atoms with Gasteiger partial charge in [0.15, 0.2) is 0 Å². The van der Waals surface area contributed by atoms with Crippen molar-refractivity contribution in [1.29, 1.82) is 0 Å². The van der Waals surface area contributed by atoms with Gasteiger partial charge in [0.05, 0.1) is 19.9 Å². The summed E-state index contributed by atoms with van der Waals surface area (Å²) in [5.41, 5.74) is 9.97. The van der Waals surface area contributed by atoms with Gasteiger partial charge in [0.1, 0.15) is 11.5 Å². The Hall–Kier alpha value is -2.77. The van der Waals surface area contributed by atoms with Crippen LogP contribution in [0.4, 0.5) is 10.5 Å². The Morgan fingerprint density at radius 3 is 2.61 bits per heavy atom. The zero-order valence-corrected chi connectivity index (χ0v) is 18.5. The summed E-state index contributed by atoms with van der Waals surface area (Å²) in [5.74, 6) is 2.10. The molecule has 0 aromatic heterocycles. The molecule has 7 heteroatoms. The number of amides is 2. The largest absolute Gasteiger partial charge is 0.497 e. The minimum absolute atomic E-state index is 0.0610. The lowest BCUT2D eigenvalue weighted by Crippen LogP contribution is -2.45. The zero-order chi connectivity index (χ0) is 21.8. The molecule has 2 atom stereocenters. The fourth-order valence-electron chi connectivity index (χ4n) is 4.59. The Bertz CT molecular complexity index is 911. The summed E-state index contributed by atoms with van der Waals surface area (Å²) in [5, 5.41) is 3.02. The number of ether oxygens (including phenoxy) is 2. The Labute approximate surface area is 184 Å². The summed E-state index contributed by atoms with van der Waals surface area (Å²) in [6.07, 6.45) is 3.01. The van der Waals surface area contributed by atoms with Gasteiger partial charge in [0, 0.05) is 25.2 Å². The third-order valence-electron chi connectivity index (χ3n) is 6.42. The van der Waals surface area contributed by atoms with Crippen LogP contribution in [-0.2, 0) is 0 Å². The maximum absolute atomic E-state index is 12.8. The van der Waals surface area contributed by atoms with Crippen LogP contribution in [0.2, 0.25) is 0 Å². The van der Waals surface area contributed by atoms with Crippen LogP contribution in [0.1, 0.15) is 36.4 Å². The Morgan fingerprint density at radius 2 is 1.87 bits per heavy atom. The van der Waals surface area contributed by atoms with E-state index in [2.05, 4.69) is 28.3 Å². The van der Waals surface area contributed by atoms with Gasteiger partial charge in [-0.1, -0.05) is 18.2 Å². The van der Waals surface area contributed by atoms with Crippen LogP contribution in [0, 0.1) is 12.8 Å². The van der Waals surface area contributed by atoms with Crippen molar-refractivity contribution in [3.05, 3.63) is 53.6 Å². The number of likely N-dealkylation sites (tertiary alicyclic amines) is 1. The third-order valence-corrected chi connectivity index (χ3v) is 6.42. The Morgan fingerprint density at radius 1 is 1.06 bits per heavy atom. The lowest BCUT2D eigenvalue weighted by atomic mass is 9.86. The molecule has 0 saturated carbocycles. The van der Waals surface area contributed by atoms with E-state index in [0.29, 0.717) is 17.7 Å².